The maximum atomic E-state index is 12.9. The summed E-state index contributed by atoms with van der Waals surface area (Å²) in [5.74, 6) is -0.686. The number of halogens is 1. The van der Waals surface area contributed by atoms with E-state index in [2.05, 4.69) is 10.0 Å². The number of carbonyl (C=O) groups is 1. The van der Waals surface area contributed by atoms with E-state index in [4.69, 9.17) is 0 Å². The van der Waals surface area contributed by atoms with Crippen molar-refractivity contribution in [2.45, 2.75) is 18.2 Å². The number of benzene rings is 3. The van der Waals surface area contributed by atoms with Crippen molar-refractivity contribution in [2.75, 3.05) is 11.3 Å². The molecule has 0 fully saturated rings. The first-order valence-corrected chi connectivity index (χ1v) is 10.5. The highest BCUT2D eigenvalue weighted by Gasteiger charge is 2.16. The van der Waals surface area contributed by atoms with Gasteiger partial charge in [-0.1, -0.05) is 35.9 Å². The van der Waals surface area contributed by atoms with Crippen LogP contribution in [0.5, 0.6) is 0 Å². The number of hydrogen-bond donors (Lipinski definition) is 2. The van der Waals surface area contributed by atoms with Gasteiger partial charge in [0.25, 0.3) is 15.9 Å². The van der Waals surface area contributed by atoms with Gasteiger partial charge in [0.15, 0.2) is 0 Å². The third-order valence-corrected chi connectivity index (χ3v) is 5.70. The minimum atomic E-state index is -3.82. The average Bonchev–Trinajstić information content (AvgIpc) is 2.71. The van der Waals surface area contributed by atoms with Gasteiger partial charge in [-0.25, -0.2) is 12.8 Å². The fraction of sp³-hybridized carbons (Fsp3) is 0.136. The van der Waals surface area contributed by atoms with Gasteiger partial charge in [0, 0.05) is 17.8 Å². The molecule has 0 aliphatic carbocycles. The first-order valence-electron chi connectivity index (χ1n) is 9.06. The number of carbonyl (C=O) groups excluding carboxylic acids is 1. The van der Waals surface area contributed by atoms with Gasteiger partial charge in [0.1, 0.15) is 5.82 Å². The van der Waals surface area contributed by atoms with Crippen molar-refractivity contribution in [1.82, 2.24) is 5.32 Å². The Morgan fingerprint density at radius 2 is 1.66 bits per heavy atom. The molecule has 0 bridgehead atoms. The Morgan fingerprint density at radius 3 is 2.34 bits per heavy atom. The second-order valence-corrected chi connectivity index (χ2v) is 8.31. The molecule has 0 aliphatic heterocycles. The van der Waals surface area contributed by atoms with Crippen LogP contribution in [0, 0.1) is 12.7 Å². The fourth-order valence-corrected chi connectivity index (χ4v) is 3.82. The zero-order valence-corrected chi connectivity index (χ0v) is 16.7. The van der Waals surface area contributed by atoms with Crippen molar-refractivity contribution < 1.29 is 17.6 Å². The van der Waals surface area contributed by atoms with E-state index in [1.54, 1.807) is 30.3 Å². The minimum absolute atomic E-state index is 0.00394. The van der Waals surface area contributed by atoms with Gasteiger partial charge in [0.2, 0.25) is 0 Å². The standard InChI is InChI=1S/C22H21FN2O3S/c1-16-5-11-20(12-6-16)25-29(27,28)21-4-2-3-18(15-21)22(26)24-14-13-17-7-9-19(23)10-8-17/h2-12,15,25H,13-14H2,1H3,(H,24,26). The number of nitrogens with one attached hydrogen (secondary N) is 2. The minimum Gasteiger partial charge on any atom is -0.352 e. The maximum absolute atomic E-state index is 12.9. The summed E-state index contributed by atoms with van der Waals surface area (Å²) in [4.78, 5) is 12.4. The van der Waals surface area contributed by atoms with Gasteiger partial charge < -0.3 is 5.32 Å². The van der Waals surface area contributed by atoms with Gasteiger partial charge in [-0.3, -0.25) is 9.52 Å². The molecule has 2 N–H and O–H groups in total. The van der Waals surface area contributed by atoms with Gasteiger partial charge in [-0.2, -0.15) is 0 Å². The molecule has 0 saturated carbocycles. The molecule has 0 aliphatic rings. The summed E-state index contributed by atoms with van der Waals surface area (Å²) >= 11 is 0. The summed E-state index contributed by atoms with van der Waals surface area (Å²) in [5, 5.41) is 2.75. The van der Waals surface area contributed by atoms with Gasteiger partial charge in [-0.05, 0) is 61.4 Å². The van der Waals surface area contributed by atoms with E-state index in [0.29, 0.717) is 18.7 Å². The van der Waals surface area contributed by atoms with Gasteiger partial charge >= 0.3 is 0 Å². The number of rotatable bonds is 7. The highest BCUT2D eigenvalue weighted by Crippen LogP contribution is 2.17. The molecule has 29 heavy (non-hydrogen) atoms. The monoisotopic (exact) mass is 412 g/mol. The molecular weight excluding hydrogens is 391 g/mol. The third kappa shape index (κ3) is 5.65. The van der Waals surface area contributed by atoms with Crippen LogP contribution in [0.2, 0.25) is 0 Å². The molecule has 0 saturated heterocycles. The number of aryl methyl sites for hydroxylation is 1. The normalized spacial score (nSPS) is 11.1. The van der Waals surface area contributed by atoms with Crippen LogP contribution in [-0.2, 0) is 16.4 Å². The molecule has 1 amide bonds. The van der Waals surface area contributed by atoms with E-state index in [1.807, 2.05) is 19.1 Å². The van der Waals surface area contributed by atoms with Crippen LogP contribution < -0.4 is 10.0 Å². The topological polar surface area (TPSA) is 75.3 Å². The molecule has 3 aromatic carbocycles. The molecule has 5 nitrogen and oxygen atoms in total. The molecule has 150 valence electrons. The zero-order chi connectivity index (χ0) is 20.9. The summed E-state index contributed by atoms with van der Waals surface area (Å²) in [5.41, 5.74) is 2.61. The van der Waals surface area contributed by atoms with Crippen LogP contribution in [-0.4, -0.2) is 20.9 Å². The van der Waals surface area contributed by atoms with E-state index in [-0.39, 0.29) is 22.2 Å². The van der Waals surface area contributed by atoms with Gasteiger partial charge in [-0.15, -0.1) is 0 Å². The lowest BCUT2D eigenvalue weighted by atomic mass is 10.1. The fourth-order valence-electron chi connectivity index (χ4n) is 2.71. The molecular formula is C22H21FN2O3S. The van der Waals surface area contributed by atoms with Gasteiger partial charge in [0.05, 0.1) is 4.90 Å². The van der Waals surface area contributed by atoms with E-state index in [1.165, 1.54) is 30.3 Å². The summed E-state index contributed by atoms with van der Waals surface area (Å²) in [6, 6.07) is 18.9. The van der Waals surface area contributed by atoms with Crippen LogP contribution >= 0.6 is 0 Å². The quantitative estimate of drug-likeness (QED) is 0.618. The van der Waals surface area contributed by atoms with Crippen molar-refractivity contribution in [1.29, 1.82) is 0 Å². The Bertz CT molecular complexity index is 1100. The lowest BCUT2D eigenvalue weighted by molar-refractivity contribution is 0.0954. The average molecular weight is 412 g/mol. The maximum Gasteiger partial charge on any atom is 0.261 e. The highest BCUT2D eigenvalue weighted by atomic mass is 32.2. The Labute approximate surface area is 169 Å². The Hall–Kier alpha value is -3.19. The molecule has 0 atom stereocenters. The predicted molar refractivity (Wildman–Crippen MR) is 111 cm³/mol. The number of sulfonamides is 1. The molecule has 3 aromatic rings. The van der Waals surface area contributed by atoms with E-state index in [9.17, 15) is 17.6 Å². The smallest absolute Gasteiger partial charge is 0.261 e. The second-order valence-electron chi connectivity index (χ2n) is 6.63. The Balaban J connectivity index is 1.65. The molecule has 0 unspecified atom stereocenters. The van der Waals surface area contributed by atoms with Crippen molar-refractivity contribution in [3.63, 3.8) is 0 Å². The predicted octanol–water partition coefficient (Wildman–Crippen LogP) is 3.91. The highest BCUT2D eigenvalue weighted by molar-refractivity contribution is 7.92. The van der Waals surface area contributed by atoms with Crippen molar-refractivity contribution >= 4 is 21.6 Å². The van der Waals surface area contributed by atoms with Crippen LogP contribution in [0.4, 0.5) is 10.1 Å². The summed E-state index contributed by atoms with van der Waals surface area (Å²) in [6.45, 7) is 2.26. The first kappa shape index (κ1) is 20.5. The van der Waals surface area contributed by atoms with Crippen LogP contribution in [0.25, 0.3) is 0 Å². The SMILES string of the molecule is Cc1ccc(NS(=O)(=O)c2cccc(C(=O)NCCc3ccc(F)cc3)c2)cc1. The van der Waals surface area contributed by atoms with Crippen molar-refractivity contribution in [2.24, 2.45) is 0 Å². The number of amides is 1. The third-order valence-electron chi connectivity index (χ3n) is 4.32. The van der Waals surface area contributed by atoms with E-state index >= 15 is 0 Å². The van der Waals surface area contributed by atoms with Crippen LogP contribution in [0.15, 0.2) is 77.7 Å². The van der Waals surface area contributed by atoms with E-state index in [0.717, 1.165) is 11.1 Å². The first-order chi connectivity index (χ1) is 13.8. The lowest BCUT2D eigenvalue weighted by Crippen LogP contribution is -2.26. The van der Waals surface area contributed by atoms with Crippen LogP contribution in [0.3, 0.4) is 0 Å². The summed E-state index contributed by atoms with van der Waals surface area (Å²) in [6.07, 6.45) is 0.541. The summed E-state index contributed by atoms with van der Waals surface area (Å²) in [7, 11) is -3.82. The van der Waals surface area contributed by atoms with E-state index < -0.39 is 10.0 Å². The number of anilines is 1. The molecule has 7 heteroatoms. The summed E-state index contributed by atoms with van der Waals surface area (Å²) < 4.78 is 40.7. The molecule has 0 spiro atoms. The second kappa shape index (κ2) is 8.87. The molecule has 3 rings (SSSR count). The molecule has 0 aromatic heterocycles. The number of hydrogen-bond acceptors (Lipinski definition) is 3. The Morgan fingerprint density at radius 1 is 0.966 bits per heavy atom. The zero-order valence-electron chi connectivity index (χ0n) is 15.9. The molecule has 0 radical (unpaired) electrons. The van der Waals surface area contributed by atoms with Crippen molar-refractivity contribution in [3.8, 4) is 0 Å². The van der Waals surface area contributed by atoms with Crippen LogP contribution in [0.1, 0.15) is 21.5 Å². The molecule has 0 heterocycles. The lowest BCUT2D eigenvalue weighted by Gasteiger charge is -2.10. The Kier molecular flexibility index (Phi) is 6.29. The van der Waals surface area contributed by atoms with Crippen molar-refractivity contribution in [3.05, 3.63) is 95.3 Å². The largest absolute Gasteiger partial charge is 0.352 e.